The first-order chi connectivity index (χ1) is 14.1. The lowest BCUT2D eigenvalue weighted by atomic mass is 10.1. The van der Waals surface area contributed by atoms with Gasteiger partial charge in [0, 0.05) is 29.5 Å². The van der Waals surface area contributed by atoms with Gasteiger partial charge in [0.2, 0.25) is 0 Å². The van der Waals surface area contributed by atoms with E-state index < -0.39 is 0 Å². The Bertz CT molecular complexity index is 1030. The van der Waals surface area contributed by atoms with Crippen molar-refractivity contribution in [3.8, 4) is 0 Å². The van der Waals surface area contributed by atoms with Gasteiger partial charge < -0.3 is 5.32 Å². The number of nitrogens with one attached hydrogen (secondary N) is 1. The molecule has 3 aromatic rings. The minimum Gasteiger partial charge on any atom is -0.351 e. The maximum atomic E-state index is 12.8. The molecule has 0 unspecified atom stereocenters. The lowest BCUT2D eigenvalue weighted by Gasteiger charge is -2.11. The lowest BCUT2D eigenvalue weighted by molar-refractivity contribution is 0.0947. The number of aryl methyl sites for hydroxylation is 3. The third-order valence-corrected chi connectivity index (χ3v) is 5.85. The summed E-state index contributed by atoms with van der Waals surface area (Å²) in [5, 5.41) is 11.7. The van der Waals surface area contributed by atoms with Gasteiger partial charge >= 0.3 is 0 Å². The van der Waals surface area contributed by atoms with Crippen molar-refractivity contribution in [3.63, 3.8) is 0 Å². The van der Waals surface area contributed by atoms with E-state index >= 15 is 0 Å². The van der Waals surface area contributed by atoms with E-state index in [4.69, 9.17) is 0 Å². The summed E-state index contributed by atoms with van der Waals surface area (Å²) < 4.78 is 1.44. The van der Waals surface area contributed by atoms with Crippen molar-refractivity contribution in [1.82, 2.24) is 20.1 Å². The standard InChI is InChI=1S/C22H28N4O2S/c1-3-4-9-14-26-22(28)18-11-6-5-10-17(18)20(25-26)21(27)23-13-8-7-12-19-24-16(2)15-29-19/h5-6,10-11,15H,3-4,7-9,12-14H2,1-2H3,(H,23,27). The maximum Gasteiger partial charge on any atom is 0.274 e. The van der Waals surface area contributed by atoms with Gasteiger partial charge in [0.15, 0.2) is 5.69 Å². The van der Waals surface area contributed by atoms with Gasteiger partial charge in [-0.1, -0.05) is 38.0 Å². The van der Waals surface area contributed by atoms with Gasteiger partial charge in [0.25, 0.3) is 11.5 Å². The van der Waals surface area contributed by atoms with Crippen LogP contribution in [0.15, 0.2) is 34.4 Å². The van der Waals surface area contributed by atoms with Gasteiger partial charge in [0.1, 0.15) is 0 Å². The largest absolute Gasteiger partial charge is 0.351 e. The van der Waals surface area contributed by atoms with Crippen molar-refractivity contribution in [1.29, 1.82) is 0 Å². The van der Waals surface area contributed by atoms with Crippen molar-refractivity contribution in [2.24, 2.45) is 0 Å². The third kappa shape index (κ3) is 5.50. The molecule has 0 saturated carbocycles. The minimum atomic E-state index is -0.226. The number of benzene rings is 1. The highest BCUT2D eigenvalue weighted by Gasteiger charge is 2.16. The fourth-order valence-electron chi connectivity index (χ4n) is 3.27. The van der Waals surface area contributed by atoms with Gasteiger partial charge in [-0.15, -0.1) is 11.3 Å². The summed E-state index contributed by atoms with van der Waals surface area (Å²) in [5.74, 6) is -0.226. The maximum absolute atomic E-state index is 12.8. The molecule has 0 bridgehead atoms. The molecule has 0 aliphatic rings. The average molecular weight is 413 g/mol. The van der Waals surface area contributed by atoms with Crippen molar-refractivity contribution in [2.75, 3.05) is 6.54 Å². The minimum absolute atomic E-state index is 0.132. The van der Waals surface area contributed by atoms with Crippen LogP contribution in [-0.2, 0) is 13.0 Å². The first kappa shape index (κ1) is 21.2. The smallest absolute Gasteiger partial charge is 0.274 e. The van der Waals surface area contributed by atoms with Crippen LogP contribution in [0.1, 0.15) is 60.2 Å². The zero-order chi connectivity index (χ0) is 20.6. The molecule has 6 nitrogen and oxygen atoms in total. The molecule has 0 aliphatic heterocycles. The van der Waals surface area contributed by atoms with Crippen LogP contribution in [0, 0.1) is 6.92 Å². The Morgan fingerprint density at radius 2 is 1.93 bits per heavy atom. The molecule has 0 radical (unpaired) electrons. The van der Waals surface area contributed by atoms with E-state index in [1.165, 1.54) is 4.68 Å². The number of unbranched alkanes of at least 4 members (excludes halogenated alkanes) is 3. The summed E-state index contributed by atoms with van der Waals surface area (Å²) in [6.07, 6.45) is 5.74. The summed E-state index contributed by atoms with van der Waals surface area (Å²) >= 11 is 1.68. The fraction of sp³-hybridized carbons (Fsp3) is 0.455. The molecule has 154 valence electrons. The van der Waals surface area contributed by atoms with Crippen molar-refractivity contribution in [3.05, 3.63) is 56.4 Å². The molecule has 7 heteroatoms. The molecule has 0 atom stereocenters. The number of carbonyl (C=O) groups excluding carboxylic acids is 1. The van der Waals surface area contributed by atoms with E-state index in [9.17, 15) is 9.59 Å². The molecule has 0 saturated heterocycles. The predicted octanol–water partition coefficient (Wildman–Crippen LogP) is 4.10. The number of hydrogen-bond acceptors (Lipinski definition) is 5. The zero-order valence-electron chi connectivity index (χ0n) is 17.1. The van der Waals surface area contributed by atoms with Crippen LogP contribution in [-0.4, -0.2) is 27.2 Å². The number of hydrogen-bond donors (Lipinski definition) is 1. The Balaban J connectivity index is 1.66. The molecule has 0 fully saturated rings. The van der Waals surface area contributed by atoms with Crippen LogP contribution in [0.5, 0.6) is 0 Å². The van der Waals surface area contributed by atoms with Crippen molar-refractivity contribution < 1.29 is 4.79 Å². The molecule has 1 amide bonds. The van der Waals surface area contributed by atoms with Crippen LogP contribution >= 0.6 is 11.3 Å². The normalized spacial score (nSPS) is 11.1. The molecule has 2 heterocycles. The number of nitrogens with zero attached hydrogens (tertiary/aromatic N) is 3. The van der Waals surface area contributed by atoms with Crippen LogP contribution in [0.4, 0.5) is 0 Å². The molecule has 2 aromatic heterocycles. The first-order valence-corrected chi connectivity index (χ1v) is 11.2. The third-order valence-electron chi connectivity index (χ3n) is 4.83. The molecular weight excluding hydrogens is 384 g/mol. The summed E-state index contributed by atoms with van der Waals surface area (Å²) in [6, 6.07) is 7.21. The summed E-state index contributed by atoms with van der Waals surface area (Å²) in [4.78, 5) is 29.9. The van der Waals surface area contributed by atoms with Gasteiger partial charge in [-0.3, -0.25) is 9.59 Å². The fourth-order valence-corrected chi connectivity index (χ4v) is 4.09. The predicted molar refractivity (Wildman–Crippen MR) is 118 cm³/mol. The Labute approximate surface area is 175 Å². The van der Waals surface area contributed by atoms with Crippen molar-refractivity contribution in [2.45, 2.75) is 58.9 Å². The quantitative estimate of drug-likeness (QED) is 0.509. The highest BCUT2D eigenvalue weighted by molar-refractivity contribution is 7.09. The molecule has 0 spiro atoms. The Hall–Kier alpha value is -2.54. The number of rotatable bonds is 10. The first-order valence-electron chi connectivity index (χ1n) is 10.3. The topological polar surface area (TPSA) is 76.9 Å². The lowest BCUT2D eigenvalue weighted by Crippen LogP contribution is -2.31. The zero-order valence-corrected chi connectivity index (χ0v) is 17.9. The van der Waals surface area contributed by atoms with Gasteiger partial charge in [-0.2, -0.15) is 5.10 Å². The SMILES string of the molecule is CCCCCn1nc(C(=O)NCCCCc2nc(C)cs2)c2ccccc2c1=O. The van der Waals surface area contributed by atoms with Gasteiger partial charge in [-0.05, 0) is 38.7 Å². The number of thiazole rings is 1. The van der Waals surface area contributed by atoms with Gasteiger partial charge in [0.05, 0.1) is 10.4 Å². The van der Waals surface area contributed by atoms with E-state index in [1.807, 2.05) is 19.1 Å². The summed E-state index contributed by atoms with van der Waals surface area (Å²) in [7, 11) is 0. The second kappa shape index (κ2) is 10.3. The van der Waals surface area contributed by atoms with Crippen LogP contribution < -0.4 is 10.9 Å². The number of amides is 1. The average Bonchev–Trinajstić information content (AvgIpc) is 3.14. The van der Waals surface area contributed by atoms with E-state index in [-0.39, 0.29) is 11.5 Å². The highest BCUT2D eigenvalue weighted by Crippen LogP contribution is 2.14. The molecular formula is C22H28N4O2S. The second-order valence-corrected chi connectivity index (χ2v) is 8.17. The number of aromatic nitrogens is 3. The molecule has 29 heavy (non-hydrogen) atoms. The monoisotopic (exact) mass is 412 g/mol. The number of carbonyl (C=O) groups is 1. The molecule has 3 rings (SSSR count). The molecule has 1 N–H and O–H groups in total. The van der Waals surface area contributed by atoms with E-state index in [1.54, 1.807) is 23.5 Å². The summed E-state index contributed by atoms with van der Waals surface area (Å²) in [6.45, 7) is 5.23. The van der Waals surface area contributed by atoms with Crippen LogP contribution in [0.25, 0.3) is 10.8 Å². The molecule has 1 aromatic carbocycles. The Morgan fingerprint density at radius 3 is 2.66 bits per heavy atom. The van der Waals surface area contributed by atoms with E-state index in [0.29, 0.717) is 29.6 Å². The Kier molecular flexibility index (Phi) is 7.52. The van der Waals surface area contributed by atoms with Crippen LogP contribution in [0.2, 0.25) is 0 Å². The second-order valence-electron chi connectivity index (χ2n) is 7.23. The van der Waals surface area contributed by atoms with Crippen LogP contribution in [0.3, 0.4) is 0 Å². The van der Waals surface area contributed by atoms with E-state index in [2.05, 4.69) is 27.7 Å². The highest BCUT2D eigenvalue weighted by atomic mass is 32.1. The summed E-state index contributed by atoms with van der Waals surface area (Å²) in [5.41, 5.74) is 1.25. The Morgan fingerprint density at radius 1 is 1.14 bits per heavy atom. The van der Waals surface area contributed by atoms with Crippen molar-refractivity contribution >= 4 is 28.0 Å². The van der Waals surface area contributed by atoms with E-state index in [0.717, 1.165) is 49.2 Å². The molecule has 0 aliphatic carbocycles. The van der Waals surface area contributed by atoms with Gasteiger partial charge in [-0.25, -0.2) is 9.67 Å². The number of fused-ring (bicyclic) bond motifs is 1.